The molecule has 2 aromatic carbocycles. The van der Waals surface area contributed by atoms with Crippen LogP contribution in [0.1, 0.15) is 0 Å². The molecule has 0 aliphatic carbocycles. The van der Waals surface area contributed by atoms with Crippen LogP contribution in [0.15, 0.2) is 54.6 Å². The minimum Gasteiger partial charge on any atom is -0.298 e. The fraction of sp³-hybridized carbons (Fsp3) is 0.200. The van der Waals surface area contributed by atoms with Crippen molar-refractivity contribution in [3.05, 3.63) is 54.6 Å². The highest BCUT2D eigenvalue weighted by atomic mass is 15.3. The van der Waals surface area contributed by atoms with Gasteiger partial charge in [0.2, 0.25) is 0 Å². The van der Waals surface area contributed by atoms with Gasteiger partial charge in [-0.1, -0.05) is 42.5 Å². The van der Waals surface area contributed by atoms with Crippen molar-refractivity contribution in [3.8, 4) is 11.1 Å². The summed E-state index contributed by atoms with van der Waals surface area (Å²) in [6, 6.07) is 19.2. The molecule has 0 atom stereocenters. The van der Waals surface area contributed by atoms with Crippen molar-refractivity contribution >= 4 is 5.69 Å². The van der Waals surface area contributed by atoms with Gasteiger partial charge in [-0.3, -0.25) is 4.48 Å². The van der Waals surface area contributed by atoms with E-state index in [1.807, 2.05) is 6.07 Å². The molecule has 0 aliphatic heterocycles. The number of rotatable bonds is 2. The van der Waals surface area contributed by atoms with E-state index in [4.69, 9.17) is 0 Å². The Morgan fingerprint density at radius 2 is 1.31 bits per heavy atom. The van der Waals surface area contributed by atoms with Crippen LogP contribution in [0.4, 0.5) is 5.69 Å². The summed E-state index contributed by atoms with van der Waals surface area (Å²) in [6.07, 6.45) is 0. The third-order valence-corrected chi connectivity index (χ3v) is 2.73. The molecule has 0 fully saturated rings. The summed E-state index contributed by atoms with van der Waals surface area (Å²) in [4.78, 5) is 0. The van der Waals surface area contributed by atoms with Crippen LogP contribution < -0.4 is 4.48 Å². The Labute approximate surface area is 97.6 Å². The smallest absolute Gasteiger partial charge is 0.132 e. The molecule has 0 aromatic heterocycles. The monoisotopic (exact) mass is 212 g/mol. The van der Waals surface area contributed by atoms with E-state index in [1.165, 1.54) is 16.8 Å². The highest BCUT2D eigenvalue weighted by molar-refractivity contribution is 5.67. The molecule has 1 heteroatoms. The van der Waals surface area contributed by atoms with Crippen molar-refractivity contribution in [2.45, 2.75) is 0 Å². The molecule has 2 rings (SSSR count). The van der Waals surface area contributed by atoms with Crippen molar-refractivity contribution in [2.24, 2.45) is 0 Å². The van der Waals surface area contributed by atoms with E-state index in [-0.39, 0.29) is 0 Å². The van der Waals surface area contributed by atoms with Gasteiger partial charge in [-0.2, -0.15) is 0 Å². The summed E-state index contributed by atoms with van der Waals surface area (Å²) >= 11 is 0. The third-order valence-electron chi connectivity index (χ3n) is 2.73. The second kappa shape index (κ2) is 4.11. The van der Waals surface area contributed by atoms with Crippen LogP contribution in [0.3, 0.4) is 0 Å². The average Bonchev–Trinajstić information content (AvgIpc) is 2.29. The predicted octanol–water partition coefficient (Wildman–Crippen LogP) is 3.55. The fourth-order valence-corrected chi connectivity index (χ4v) is 1.73. The molecule has 2 aromatic rings. The lowest BCUT2D eigenvalue weighted by Gasteiger charge is -2.23. The first kappa shape index (κ1) is 10.9. The first-order valence-electron chi connectivity index (χ1n) is 5.55. The molecule has 0 N–H and O–H groups in total. The number of nitrogens with zero attached hydrogens (tertiary/aromatic N) is 1. The van der Waals surface area contributed by atoms with Gasteiger partial charge >= 0.3 is 0 Å². The van der Waals surface area contributed by atoms with E-state index >= 15 is 0 Å². The molecule has 0 saturated carbocycles. The first-order valence-corrected chi connectivity index (χ1v) is 5.55. The second-order valence-electron chi connectivity index (χ2n) is 4.93. The molecule has 0 heterocycles. The van der Waals surface area contributed by atoms with Crippen LogP contribution in [0.5, 0.6) is 0 Å². The third kappa shape index (κ3) is 2.31. The van der Waals surface area contributed by atoms with Gasteiger partial charge < -0.3 is 0 Å². The lowest BCUT2D eigenvalue weighted by Crippen LogP contribution is -2.34. The van der Waals surface area contributed by atoms with Crippen molar-refractivity contribution in [2.75, 3.05) is 21.1 Å². The molecule has 16 heavy (non-hydrogen) atoms. The Morgan fingerprint density at radius 1 is 0.688 bits per heavy atom. The Bertz CT molecular complexity index is 466. The summed E-state index contributed by atoms with van der Waals surface area (Å²) in [5.74, 6) is 0. The zero-order chi connectivity index (χ0) is 11.6. The van der Waals surface area contributed by atoms with Crippen LogP contribution in [0.25, 0.3) is 11.1 Å². The summed E-state index contributed by atoms with van der Waals surface area (Å²) in [6.45, 7) is 0. The topological polar surface area (TPSA) is 0 Å². The zero-order valence-corrected chi connectivity index (χ0v) is 10.1. The summed E-state index contributed by atoms with van der Waals surface area (Å²) in [5.41, 5.74) is 3.88. The minimum absolute atomic E-state index is 0.848. The van der Waals surface area contributed by atoms with E-state index in [2.05, 4.69) is 69.7 Å². The Morgan fingerprint density at radius 3 is 1.94 bits per heavy atom. The number of benzene rings is 2. The molecule has 0 radical (unpaired) electrons. The Balaban J connectivity index is 2.45. The largest absolute Gasteiger partial charge is 0.298 e. The maximum Gasteiger partial charge on any atom is 0.132 e. The van der Waals surface area contributed by atoms with Gasteiger partial charge in [0, 0.05) is 6.07 Å². The lowest BCUT2D eigenvalue weighted by molar-refractivity contribution is 0.486. The molecule has 0 aliphatic rings. The van der Waals surface area contributed by atoms with Crippen LogP contribution in [0.2, 0.25) is 0 Å². The van der Waals surface area contributed by atoms with Gasteiger partial charge in [-0.15, -0.1) is 0 Å². The average molecular weight is 212 g/mol. The quantitative estimate of drug-likeness (QED) is 0.668. The van der Waals surface area contributed by atoms with Crippen molar-refractivity contribution < 1.29 is 0 Å². The first-order chi connectivity index (χ1) is 7.57. The molecular formula is C15H18N+. The summed E-state index contributed by atoms with van der Waals surface area (Å²) in [5, 5.41) is 0. The number of hydrogen-bond donors (Lipinski definition) is 0. The van der Waals surface area contributed by atoms with Gasteiger partial charge in [-0.05, 0) is 17.2 Å². The minimum atomic E-state index is 0.848. The van der Waals surface area contributed by atoms with E-state index < -0.39 is 0 Å². The maximum absolute atomic E-state index is 2.26. The van der Waals surface area contributed by atoms with Crippen LogP contribution in [0, 0.1) is 0 Å². The highest BCUT2D eigenvalue weighted by Crippen LogP contribution is 2.25. The highest BCUT2D eigenvalue weighted by Gasteiger charge is 2.12. The second-order valence-corrected chi connectivity index (χ2v) is 4.93. The van der Waals surface area contributed by atoms with E-state index in [0.717, 1.165) is 4.48 Å². The molecule has 0 saturated heterocycles. The summed E-state index contributed by atoms with van der Waals surface area (Å²) < 4.78 is 0.848. The Hall–Kier alpha value is -1.60. The molecular weight excluding hydrogens is 194 g/mol. The molecule has 0 spiro atoms. The lowest BCUT2D eigenvalue weighted by atomic mass is 10.0. The number of quaternary nitrogens is 1. The van der Waals surface area contributed by atoms with Gasteiger partial charge in [-0.25, -0.2) is 0 Å². The van der Waals surface area contributed by atoms with Crippen LogP contribution in [-0.2, 0) is 0 Å². The molecule has 0 bridgehead atoms. The molecule has 0 unspecified atom stereocenters. The summed E-state index contributed by atoms with van der Waals surface area (Å²) in [7, 11) is 6.55. The van der Waals surface area contributed by atoms with Gasteiger partial charge in [0.25, 0.3) is 0 Å². The van der Waals surface area contributed by atoms with Crippen molar-refractivity contribution in [1.82, 2.24) is 4.48 Å². The van der Waals surface area contributed by atoms with Crippen LogP contribution in [-0.4, -0.2) is 21.1 Å². The van der Waals surface area contributed by atoms with Crippen molar-refractivity contribution in [1.29, 1.82) is 0 Å². The van der Waals surface area contributed by atoms with E-state index in [1.54, 1.807) is 0 Å². The molecule has 82 valence electrons. The normalized spacial score (nSPS) is 11.4. The van der Waals surface area contributed by atoms with E-state index in [9.17, 15) is 0 Å². The fourth-order valence-electron chi connectivity index (χ4n) is 1.73. The van der Waals surface area contributed by atoms with Crippen molar-refractivity contribution in [3.63, 3.8) is 0 Å². The van der Waals surface area contributed by atoms with Gasteiger partial charge in [0.15, 0.2) is 0 Å². The zero-order valence-electron chi connectivity index (χ0n) is 10.1. The van der Waals surface area contributed by atoms with E-state index in [0.29, 0.717) is 0 Å². The van der Waals surface area contributed by atoms with Gasteiger partial charge in [0.05, 0.1) is 21.1 Å². The standard InChI is InChI=1S/C15H18N/c1-16(2,3)15-11-7-10-14(12-15)13-8-5-4-6-9-13/h4-12H,1-3H3/q+1. The van der Waals surface area contributed by atoms with Gasteiger partial charge in [0.1, 0.15) is 5.69 Å². The Kier molecular flexibility index (Phi) is 2.80. The maximum atomic E-state index is 2.26. The van der Waals surface area contributed by atoms with Crippen LogP contribution >= 0.6 is 0 Å². The number of hydrogen-bond acceptors (Lipinski definition) is 0. The predicted molar refractivity (Wildman–Crippen MR) is 71.4 cm³/mol. The SMILES string of the molecule is C[N+](C)(C)c1cccc(-c2ccccc2)c1. The molecule has 0 amide bonds. The molecule has 1 nitrogen and oxygen atoms in total.